The van der Waals surface area contributed by atoms with Gasteiger partial charge in [-0.2, -0.15) is 0 Å². The van der Waals surface area contributed by atoms with Crippen molar-refractivity contribution in [1.29, 1.82) is 0 Å². The van der Waals surface area contributed by atoms with Crippen LogP contribution in [0.25, 0.3) is 21.9 Å². The Morgan fingerprint density at radius 3 is 2.31 bits per heavy atom. The van der Waals surface area contributed by atoms with Crippen LogP contribution in [-0.2, 0) is 4.79 Å². The van der Waals surface area contributed by atoms with E-state index in [0.29, 0.717) is 44.6 Å². The van der Waals surface area contributed by atoms with Crippen LogP contribution >= 0.6 is 0 Å². The number of fused-ring (bicyclic) bond motifs is 2. The number of ether oxygens (including phenoxy) is 1. The molecule has 0 aliphatic rings. The minimum Gasteiger partial charge on any atom is -0.451 e. The number of hydrogen-bond donors (Lipinski definition) is 5. The molecule has 3 aromatic carbocycles. The number of nitrogens with one attached hydrogen (secondary N) is 4. The van der Waals surface area contributed by atoms with E-state index < -0.39 is 11.9 Å². The van der Waals surface area contributed by atoms with Crippen molar-refractivity contribution in [3.63, 3.8) is 0 Å². The van der Waals surface area contributed by atoms with Gasteiger partial charge < -0.3 is 35.8 Å². The number of carbonyl (C=O) groups is 4. The Hall–Kier alpha value is -5.42. The van der Waals surface area contributed by atoms with E-state index in [1.54, 1.807) is 60.7 Å². The van der Waals surface area contributed by atoms with Gasteiger partial charge in [-0.15, -0.1) is 0 Å². The second kappa shape index (κ2) is 10.5. The number of H-pyrrole nitrogens is 1. The zero-order chi connectivity index (χ0) is 27.5. The fraction of sp³-hybridized carbons (Fsp3) is 0.0714. The summed E-state index contributed by atoms with van der Waals surface area (Å²) in [5.41, 5.74) is 8.19. The van der Waals surface area contributed by atoms with E-state index in [1.807, 2.05) is 0 Å². The first-order valence-corrected chi connectivity index (χ1v) is 11.8. The first-order valence-electron chi connectivity index (χ1n) is 11.8. The van der Waals surface area contributed by atoms with Gasteiger partial charge in [0.15, 0.2) is 5.76 Å². The number of rotatable bonds is 7. The number of hydrogen-bond acceptors (Lipinski definition) is 7. The van der Waals surface area contributed by atoms with Crippen molar-refractivity contribution in [2.45, 2.75) is 0 Å². The lowest BCUT2D eigenvalue weighted by atomic mass is 10.2. The number of anilines is 2. The summed E-state index contributed by atoms with van der Waals surface area (Å²) in [6.07, 6.45) is 0. The van der Waals surface area contributed by atoms with E-state index in [2.05, 4.69) is 20.9 Å². The van der Waals surface area contributed by atoms with Crippen molar-refractivity contribution in [3.05, 3.63) is 89.8 Å². The molecule has 0 aliphatic carbocycles. The Morgan fingerprint density at radius 1 is 0.846 bits per heavy atom. The van der Waals surface area contributed by atoms with E-state index in [1.165, 1.54) is 19.2 Å². The smallest absolute Gasteiger partial charge is 0.360 e. The molecule has 11 heteroatoms. The molecule has 0 spiro atoms. The van der Waals surface area contributed by atoms with Crippen molar-refractivity contribution in [3.8, 4) is 5.75 Å². The number of carbonyl (C=O) groups excluding carboxylic acids is 4. The average molecular weight is 526 g/mol. The molecule has 11 nitrogen and oxygen atoms in total. The summed E-state index contributed by atoms with van der Waals surface area (Å²) in [5.74, 6) is -1.26. The van der Waals surface area contributed by atoms with Crippen molar-refractivity contribution < 1.29 is 28.3 Å². The summed E-state index contributed by atoms with van der Waals surface area (Å²) in [7, 11) is 1.53. The molecule has 0 fully saturated rings. The molecule has 3 amide bonds. The highest BCUT2D eigenvalue weighted by Gasteiger charge is 2.16. The Kier molecular flexibility index (Phi) is 6.81. The number of furan rings is 1. The summed E-state index contributed by atoms with van der Waals surface area (Å²) >= 11 is 0. The minimum absolute atomic E-state index is 0.0909. The van der Waals surface area contributed by atoms with Crippen LogP contribution in [0.4, 0.5) is 11.4 Å². The molecular formula is C28H23N5O6. The van der Waals surface area contributed by atoms with Crippen LogP contribution in [0.1, 0.15) is 31.4 Å². The van der Waals surface area contributed by atoms with Crippen LogP contribution < -0.4 is 26.4 Å². The zero-order valence-electron chi connectivity index (χ0n) is 20.7. The molecule has 0 radical (unpaired) electrons. The monoisotopic (exact) mass is 525 g/mol. The molecule has 0 aliphatic heterocycles. The molecule has 196 valence electrons. The largest absolute Gasteiger partial charge is 0.451 e. The van der Waals surface area contributed by atoms with Gasteiger partial charge in [-0.05, 0) is 72.8 Å². The summed E-state index contributed by atoms with van der Waals surface area (Å²) in [5, 5.41) is 9.28. The molecule has 2 aromatic heterocycles. The van der Waals surface area contributed by atoms with E-state index in [9.17, 15) is 19.2 Å². The molecule has 0 saturated heterocycles. The average Bonchev–Trinajstić information content (AvgIpc) is 3.57. The van der Waals surface area contributed by atoms with Gasteiger partial charge in [0.25, 0.3) is 11.8 Å². The van der Waals surface area contributed by atoms with Crippen LogP contribution in [-0.4, -0.2) is 42.3 Å². The van der Waals surface area contributed by atoms with Gasteiger partial charge in [0.05, 0.1) is 6.54 Å². The number of aromatic nitrogens is 1. The van der Waals surface area contributed by atoms with Crippen molar-refractivity contribution in [2.75, 3.05) is 24.2 Å². The Labute approximate surface area is 221 Å². The highest BCUT2D eigenvalue weighted by Crippen LogP contribution is 2.25. The van der Waals surface area contributed by atoms with E-state index >= 15 is 0 Å². The third-order valence-electron chi connectivity index (χ3n) is 5.86. The van der Waals surface area contributed by atoms with E-state index in [-0.39, 0.29) is 29.8 Å². The lowest BCUT2D eigenvalue weighted by Crippen LogP contribution is -2.21. The number of benzene rings is 3. The molecule has 0 atom stereocenters. The highest BCUT2D eigenvalue weighted by atomic mass is 16.5. The molecule has 6 N–H and O–H groups in total. The maximum atomic E-state index is 12.8. The SMILES string of the molecule is CNC(=O)c1ccc(OC(=O)c2cc3cc(NC(=O)c4cc5cc(NC(=O)CN)ccc5o4)ccc3[nH]2)cc1. The second-order valence-corrected chi connectivity index (χ2v) is 8.55. The molecule has 2 heterocycles. The Balaban J connectivity index is 1.28. The quantitative estimate of drug-likeness (QED) is 0.160. The first kappa shape index (κ1) is 25.2. The molecule has 0 bridgehead atoms. The minimum atomic E-state index is -0.603. The van der Waals surface area contributed by atoms with Gasteiger partial charge in [-0.25, -0.2) is 4.79 Å². The maximum absolute atomic E-state index is 12.8. The van der Waals surface area contributed by atoms with E-state index in [4.69, 9.17) is 14.9 Å². The molecule has 0 saturated carbocycles. The van der Waals surface area contributed by atoms with Gasteiger partial charge >= 0.3 is 5.97 Å². The second-order valence-electron chi connectivity index (χ2n) is 8.55. The van der Waals surface area contributed by atoms with E-state index in [0.717, 1.165) is 0 Å². The maximum Gasteiger partial charge on any atom is 0.360 e. The predicted octanol–water partition coefficient (Wildman–Crippen LogP) is 3.64. The fourth-order valence-corrected chi connectivity index (χ4v) is 3.94. The zero-order valence-corrected chi connectivity index (χ0v) is 20.7. The number of amides is 3. The van der Waals surface area contributed by atoms with Gasteiger partial charge in [-0.3, -0.25) is 14.4 Å². The van der Waals surface area contributed by atoms with Crippen molar-refractivity contribution >= 4 is 56.9 Å². The van der Waals surface area contributed by atoms with Gasteiger partial charge in [-0.1, -0.05) is 0 Å². The molecule has 39 heavy (non-hydrogen) atoms. The number of nitrogens with two attached hydrogens (primary N) is 1. The lowest BCUT2D eigenvalue weighted by Gasteiger charge is -2.04. The third-order valence-corrected chi connectivity index (χ3v) is 5.86. The topological polar surface area (TPSA) is 169 Å². The van der Waals surface area contributed by atoms with Crippen LogP contribution in [0.15, 0.2) is 77.2 Å². The summed E-state index contributed by atoms with van der Waals surface area (Å²) in [6, 6.07) is 19.5. The highest BCUT2D eigenvalue weighted by molar-refractivity contribution is 6.06. The normalized spacial score (nSPS) is 10.8. The summed E-state index contributed by atoms with van der Waals surface area (Å²) < 4.78 is 11.1. The molecule has 5 aromatic rings. The summed E-state index contributed by atoms with van der Waals surface area (Å²) in [6.45, 7) is -0.139. The lowest BCUT2D eigenvalue weighted by molar-refractivity contribution is -0.114. The standard InChI is InChI=1S/C28H23N5O6/c1-30-26(35)15-2-6-20(7-3-15)38-28(37)22-12-16-10-19(4-8-21(16)33-22)32-27(36)24-13-17-11-18(31-25(34)14-29)5-9-23(17)39-24/h2-13,33H,14,29H2,1H3,(H,30,35)(H,31,34)(H,32,36). The number of esters is 1. The first-order chi connectivity index (χ1) is 18.8. The van der Waals surface area contributed by atoms with Crippen LogP contribution in [0.5, 0.6) is 5.75 Å². The molecule has 0 unspecified atom stereocenters. The fourth-order valence-electron chi connectivity index (χ4n) is 3.94. The van der Waals surface area contributed by atoms with Crippen LogP contribution in [0, 0.1) is 0 Å². The van der Waals surface area contributed by atoms with Gasteiger partial charge in [0, 0.05) is 40.3 Å². The number of aromatic amines is 1. The van der Waals surface area contributed by atoms with Crippen molar-refractivity contribution in [1.82, 2.24) is 10.3 Å². The predicted molar refractivity (Wildman–Crippen MR) is 145 cm³/mol. The molecular weight excluding hydrogens is 502 g/mol. The van der Waals surface area contributed by atoms with Crippen molar-refractivity contribution in [2.24, 2.45) is 5.73 Å². The van der Waals surface area contributed by atoms with Crippen LogP contribution in [0.3, 0.4) is 0 Å². The van der Waals surface area contributed by atoms with Gasteiger partial charge in [0.2, 0.25) is 5.91 Å². The Bertz CT molecular complexity index is 1730. The Morgan fingerprint density at radius 2 is 1.56 bits per heavy atom. The third kappa shape index (κ3) is 5.48. The summed E-state index contributed by atoms with van der Waals surface area (Å²) in [4.78, 5) is 51.7. The van der Waals surface area contributed by atoms with Crippen LogP contribution in [0.2, 0.25) is 0 Å². The van der Waals surface area contributed by atoms with Gasteiger partial charge in [0.1, 0.15) is 17.0 Å². The molecule has 5 rings (SSSR count).